The molecule has 3 aromatic carbocycles. The summed E-state index contributed by atoms with van der Waals surface area (Å²) < 4.78 is 28.5. The average Bonchev–Trinajstić information content (AvgIpc) is 3.60. The van der Waals surface area contributed by atoms with Crippen LogP contribution in [0.5, 0.6) is 0 Å². The number of carbonyl (C=O) groups excluding carboxylic acids is 4. The van der Waals surface area contributed by atoms with Crippen molar-refractivity contribution in [3.05, 3.63) is 65.2 Å². The van der Waals surface area contributed by atoms with Crippen LogP contribution in [0.1, 0.15) is 33.6 Å². The van der Waals surface area contributed by atoms with Gasteiger partial charge >= 0.3 is 23.9 Å². The number of hydrogen-bond acceptors (Lipinski definition) is 12. The SMILES string of the molecule is COC(=O)c1c2c3c(c4ccccc4nc3c3c1c1ccccc1n3[C@@H](CO)OCCO)C(C(=O)OC)(C(=O)OC)C2C(=O)OC. The van der Waals surface area contributed by atoms with Crippen molar-refractivity contribution in [2.24, 2.45) is 0 Å². The third-order valence-corrected chi connectivity index (χ3v) is 8.62. The molecule has 2 atom stereocenters. The van der Waals surface area contributed by atoms with Crippen molar-refractivity contribution in [1.82, 2.24) is 9.55 Å². The van der Waals surface area contributed by atoms with Gasteiger partial charge in [0.15, 0.2) is 6.23 Å². The Morgan fingerprint density at radius 1 is 0.870 bits per heavy atom. The van der Waals surface area contributed by atoms with E-state index in [0.29, 0.717) is 27.3 Å². The van der Waals surface area contributed by atoms with Crippen molar-refractivity contribution in [1.29, 1.82) is 0 Å². The van der Waals surface area contributed by atoms with Crippen LogP contribution in [0.4, 0.5) is 0 Å². The molecular formula is C33H30N2O11. The van der Waals surface area contributed by atoms with Gasteiger partial charge < -0.3 is 38.5 Å². The second-order valence-electron chi connectivity index (χ2n) is 10.6. The van der Waals surface area contributed by atoms with Crippen molar-refractivity contribution in [3.8, 4) is 0 Å². The number of para-hydroxylation sites is 2. The lowest BCUT2D eigenvalue weighted by atomic mass is 9.71. The van der Waals surface area contributed by atoms with Crippen molar-refractivity contribution in [3.63, 3.8) is 0 Å². The Bertz CT molecular complexity index is 2070. The van der Waals surface area contributed by atoms with Crippen LogP contribution in [0.15, 0.2) is 48.5 Å². The number of benzene rings is 3. The number of methoxy groups -OCH3 is 4. The van der Waals surface area contributed by atoms with E-state index in [1.54, 1.807) is 53.1 Å². The maximum Gasteiger partial charge on any atom is 0.338 e. The van der Waals surface area contributed by atoms with E-state index >= 15 is 0 Å². The van der Waals surface area contributed by atoms with Crippen LogP contribution in [0, 0.1) is 0 Å². The first-order valence-electron chi connectivity index (χ1n) is 14.3. The minimum atomic E-state index is -2.47. The Kier molecular flexibility index (Phi) is 7.84. The number of nitrogens with zero attached hydrogens (tertiary/aromatic N) is 2. The molecule has 46 heavy (non-hydrogen) atoms. The van der Waals surface area contributed by atoms with Crippen LogP contribution < -0.4 is 0 Å². The number of hydrogen-bond donors (Lipinski definition) is 2. The van der Waals surface area contributed by atoms with E-state index in [9.17, 15) is 29.4 Å². The molecule has 2 N–H and O–H groups in total. The summed E-state index contributed by atoms with van der Waals surface area (Å²) >= 11 is 0. The first-order chi connectivity index (χ1) is 22.3. The van der Waals surface area contributed by atoms with E-state index in [4.69, 9.17) is 28.7 Å². The molecule has 1 aliphatic carbocycles. The summed E-state index contributed by atoms with van der Waals surface area (Å²) in [7, 11) is 4.42. The highest BCUT2D eigenvalue weighted by atomic mass is 16.6. The van der Waals surface area contributed by atoms with Gasteiger partial charge in [-0.1, -0.05) is 36.4 Å². The Morgan fingerprint density at radius 2 is 1.52 bits per heavy atom. The molecule has 0 radical (unpaired) electrons. The molecule has 0 bridgehead atoms. The minimum Gasteiger partial charge on any atom is -0.468 e. The zero-order valence-electron chi connectivity index (χ0n) is 25.4. The Hall–Kier alpha value is -5.11. The lowest BCUT2D eigenvalue weighted by molar-refractivity contribution is -0.168. The van der Waals surface area contributed by atoms with E-state index in [1.807, 2.05) is 0 Å². The van der Waals surface area contributed by atoms with E-state index in [2.05, 4.69) is 0 Å². The molecule has 1 aliphatic rings. The zero-order valence-corrected chi connectivity index (χ0v) is 25.4. The number of esters is 4. The lowest BCUT2D eigenvalue weighted by Crippen LogP contribution is -2.51. The fourth-order valence-corrected chi connectivity index (χ4v) is 6.98. The van der Waals surface area contributed by atoms with Gasteiger partial charge in [0.1, 0.15) is 5.92 Å². The number of aliphatic hydroxyl groups is 2. The lowest BCUT2D eigenvalue weighted by Gasteiger charge is -2.30. The molecule has 238 valence electrons. The second-order valence-corrected chi connectivity index (χ2v) is 10.6. The summed E-state index contributed by atoms with van der Waals surface area (Å²) in [5.41, 5.74) is -1.22. The molecule has 1 unspecified atom stereocenters. The summed E-state index contributed by atoms with van der Waals surface area (Å²) in [5, 5.41) is 21.3. The highest BCUT2D eigenvalue weighted by Crippen LogP contribution is 2.58. The fraction of sp³-hybridized carbons (Fsp3) is 0.303. The number of rotatable bonds is 9. The van der Waals surface area contributed by atoms with Crippen LogP contribution in [0.25, 0.3) is 43.6 Å². The maximum atomic E-state index is 14.1. The topological polar surface area (TPSA) is 173 Å². The van der Waals surface area contributed by atoms with Crippen LogP contribution >= 0.6 is 0 Å². The highest BCUT2D eigenvalue weighted by molar-refractivity contribution is 6.31. The van der Waals surface area contributed by atoms with E-state index in [-0.39, 0.29) is 46.2 Å². The smallest absolute Gasteiger partial charge is 0.338 e. The molecule has 2 aromatic heterocycles. The number of carbonyl (C=O) groups is 4. The Balaban J connectivity index is 2.02. The van der Waals surface area contributed by atoms with Gasteiger partial charge in [0.05, 0.1) is 75.9 Å². The average molecular weight is 631 g/mol. The molecule has 0 amide bonds. The van der Waals surface area contributed by atoms with E-state index in [0.717, 1.165) is 21.3 Å². The van der Waals surface area contributed by atoms with Crippen LogP contribution in [0.2, 0.25) is 0 Å². The first-order valence-corrected chi connectivity index (χ1v) is 14.3. The van der Waals surface area contributed by atoms with Crippen molar-refractivity contribution in [2.75, 3.05) is 48.3 Å². The van der Waals surface area contributed by atoms with Crippen molar-refractivity contribution in [2.45, 2.75) is 17.6 Å². The molecule has 0 saturated heterocycles. The standard InChI is InChI=1S/C33H30N2O11/c1-42-29(38)23-21-17-10-6-8-12-19(17)35(20(15-37)46-14-13-36)28(21)27-24-22(23)26(30(39)43-2)33(31(40)44-3,32(41)45-4)25(24)16-9-5-7-11-18(16)34-27/h5-12,20,26,36-37H,13-15H2,1-4H3/t20-,26?/m1/s1. The Labute approximate surface area is 261 Å². The third kappa shape index (κ3) is 3.95. The van der Waals surface area contributed by atoms with E-state index < -0.39 is 48.0 Å². The highest BCUT2D eigenvalue weighted by Gasteiger charge is 2.66. The predicted octanol–water partition coefficient (Wildman–Crippen LogP) is 2.64. The molecule has 0 aliphatic heterocycles. The van der Waals surface area contributed by atoms with Crippen LogP contribution in [0.3, 0.4) is 0 Å². The molecule has 0 fully saturated rings. The van der Waals surface area contributed by atoms with Gasteiger partial charge in [0.25, 0.3) is 0 Å². The largest absolute Gasteiger partial charge is 0.468 e. The van der Waals surface area contributed by atoms with Gasteiger partial charge in [-0.05, 0) is 17.7 Å². The predicted molar refractivity (Wildman–Crippen MR) is 163 cm³/mol. The molecule has 6 rings (SSSR count). The first kappa shape index (κ1) is 30.9. The summed E-state index contributed by atoms with van der Waals surface area (Å²) in [6, 6.07) is 13.7. The Morgan fingerprint density at radius 3 is 2.13 bits per heavy atom. The van der Waals surface area contributed by atoms with Crippen LogP contribution in [-0.4, -0.2) is 91.9 Å². The van der Waals surface area contributed by atoms with Gasteiger partial charge in [-0.25, -0.2) is 9.78 Å². The molecular weight excluding hydrogens is 600 g/mol. The number of pyridine rings is 1. The molecule has 5 aromatic rings. The zero-order chi connectivity index (χ0) is 32.9. The fourth-order valence-electron chi connectivity index (χ4n) is 6.98. The molecule has 2 heterocycles. The summed E-state index contributed by atoms with van der Waals surface area (Å²) in [5.74, 6) is -5.87. The third-order valence-electron chi connectivity index (χ3n) is 8.62. The number of aromatic nitrogens is 2. The summed E-state index contributed by atoms with van der Waals surface area (Å²) in [6.07, 6.45) is -1.08. The monoisotopic (exact) mass is 630 g/mol. The maximum absolute atomic E-state index is 14.1. The molecule has 0 spiro atoms. The second kappa shape index (κ2) is 11.7. The van der Waals surface area contributed by atoms with Gasteiger partial charge in [-0.3, -0.25) is 14.4 Å². The normalized spacial score (nSPS) is 15.7. The quantitative estimate of drug-likeness (QED) is 0.106. The summed E-state index contributed by atoms with van der Waals surface area (Å²) in [6.45, 7) is -0.996. The van der Waals surface area contributed by atoms with Gasteiger partial charge in [-0.2, -0.15) is 0 Å². The molecule has 13 heteroatoms. The van der Waals surface area contributed by atoms with E-state index in [1.165, 1.54) is 7.11 Å². The molecule has 0 saturated carbocycles. The van der Waals surface area contributed by atoms with Gasteiger partial charge in [0.2, 0.25) is 5.41 Å². The van der Waals surface area contributed by atoms with Crippen molar-refractivity contribution >= 4 is 67.5 Å². The molecule has 13 nitrogen and oxygen atoms in total. The van der Waals surface area contributed by atoms with Crippen LogP contribution in [-0.2, 0) is 43.5 Å². The van der Waals surface area contributed by atoms with Gasteiger partial charge in [0, 0.05) is 27.1 Å². The minimum absolute atomic E-state index is 0.0232. The number of fused-ring (bicyclic) bond motifs is 6. The summed E-state index contributed by atoms with van der Waals surface area (Å²) in [4.78, 5) is 61.2. The van der Waals surface area contributed by atoms with Gasteiger partial charge in [-0.15, -0.1) is 0 Å². The van der Waals surface area contributed by atoms with Crippen molar-refractivity contribution < 1.29 is 53.1 Å². The number of aliphatic hydroxyl groups excluding tert-OH is 2. The number of ether oxygens (including phenoxy) is 5.